The van der Waals surface area contributed by atoms with E-state index in [0.29, 0.717) is 5.69 Å². The largest absolute Gasteiger partial charge is 0.480 e. The van der Waals surface area contributed by atoms with Crippen molar-refractivity contribution in [2.75, 3.05) is 11.9 Å². The molecule has 4 N–H and O–H groups in total. The summed E-state index contributed by atoms with van der Waals surface area (Å²) < 4.78 is 0. The minimum Gasteiger partial charge on any atom is -0.480 e. The Morgan fingerprint density at radius 3 is 2.16 bits per heavy atom. The van der Waals surface area contributed by atoms with Crippen molar-refractivity contribution in [3.8, 4) is 0 Å². The normalized spacial score (nSPS) is 11.8. The standard InChI is InChI=1S/C13H18N2O4/c1-7-4-8(2)11(9(3)5-7)15-13(19)14-10(6-16)12(17)18/h4-5,10,16H,6H2,1-3H3,(H,17,18)(H2,14,15,19)/t10-/m0/s1. The topological polar surface area (TPSA) is 98.7 Å². The van der Waals surface area contributed by atoms with Crippen LogP contribution < -0.4 is 10.6 Å². The highest BCUT2D eigenvalue weighted by atomic mass is 16.4. The van der Waals surface area contributed by atoms with Crippen LogP contribution in [0.1, 0.15) is 16.7 Å². The third kappa shape index (κ3) is 3.96. The number of anilines is 1. The van der Waals surface area contributed by atoms with Crippen molar-refractivity contribution in [3.63, 3.8) is 0 Å². The lowest BCUT2D eigenvalue weighted by Gasteiger charge is -2.16. The first-order valence-electron chi connectivity index (χ1n) is 5.84. The molecule has 0 aliphatic heterocycles. The fourth-order valence-corrected chi connectivity index (χ4v) is 1.87. The highest BCUT2D eigenvalue weighted by Gasteiger charge is 2.19. The highest BCUT2D eigenvalue weighted by Crippen LogP contribution is 2.21. The zero-order chi connectivity index (χ0) is 14.6. The SMILES string of the molecule is Cc1cc(C)c(NC(=O)N[C@@H](CO)C(=O)O)c(C)c1. The van der Waals surface area contributed by atoms with E-state index in [1.807, 2.05) is 32.9 Å². The van der Waals surface area contributed by atoms with Crippen LogP contribution in [0.15, 0.2) is 12.1 Å². The van der Waals surface area contributed by atoms with Gasteiger partial charge in [0.1, 0.15) is 0 Å². The first kappa shape index (κ1) is 15.0. The van der Waals surface area contributed by atoms with E-state index in [4.69, 9.17) is 10.2 Å². The molecule has 0 spiro atoms. The molecule has 0 fully saturated rings. The number of carbonyl (C=O) groups is 2. The lowest BCUT2D eigenvalue weighted by molar-refractivity contribution is -0.140. The molecule has 0 bridgehead atoms. The summed E-state index contributed by atoms with van der Waals surface area (Å²) in [5.74, 6) is -1.28. The number of amides is 2. The van der Waals surface area contributed by atoms with Crippen molar-refractivity contribution in [2.24, 2.45) is 0 Å². The van der Waals surface area contributed by atoms with Crippen molar-refractivity contribution >= 4 is 17.7 Å². The Kier molecular flexibility index (Phi) is 4.88. The van der Waals surface area contributed by atoms with Gasteiger partial charge in [-0.1, -0.05) is 17.7 Å². The Morgan fingerprint density at radius 2 is 1.74 bits per heavy atom. The number of nitrogens with one attached hydrogen (secondary N) is 2. The summed E-state index contributed by atoms with van der Waals surface area (Å²) in [4.78, 5) is 22.4. The molecule has 0 saturated heterocycles. The van der Waals surface area contributed by atoms with Crippen LogP contribution in [-0.2, 0) is 4.79 Å². The van der Waals surface area contributed by atoms with Crippen molar-refractivity contribution < 1.29 is 19.8 Å². The van der Waals surface area contributed by atoms with Gasteiger partial charge in [-0.2, -0.15) is 0 Å². The van der Waals surface area contributed by atoms with Crippen LogP contribution >= 0.6 is 0 Å². The van der Waals surface area contributed by atoms with Gasteiger partial charge < -0.3 is 20.8 Å². The number of aliphatic hydroxyl groups is 1. The molecule has 104 valence electrons. The molecular formula is C13H18N2O4. The summed E-state index contributed by atoms with van der Waals surface area (Å²) in [7, 11) is 0. The molecule has 0 radical (unpaired) electrons. The van der Waals surface area contributed by atoms with Gasteiger partial charge in [-0.25, -0.2) is 9.59 Å². The number of carbonyl (C=O) groups excluding carboxylic acids is 1. The number of carboxylic acid groups (broad SMARTS) is 1. The Balaban J connectivity index is 2.80. The molecule has 1 atom stereocenters. The number of rotatable bonds is 4. The van der Waals surface area contributed by atoms with E-state index in [1.54, 1.807) is 0 Å². The number of urea groups is 1. The summed E-state index contributed by atoms with van der Waals surface area (Å²) in [5, 5.41) is 22.3. The van der Waals surface area contributed by atoms with E-state index in [1.165, 1.54) is 0 Å². The Bertz CT molecular complexity index is 476. The summed E-state index contributed by atoms with van der Waals surface area (Å²) in [6.45, 7) is 5.01. The van der Waals surface area contributed by atoms with E-state index in [0.717, 1.165) is 16.7 Å². The van der Waals surface area contributed by atoms with Gasteiger partial charge in [-0.3, -0.25) is 0 Å². The molecule has 2 amide bonds. The van der Waals surface area contributed by atoms with E-state index in [2.05, 4.69) is 10.6 Å². The molecule has 1 aromatic rings. The summed E-state index contributed by atoms with van der Waals surface area (Å²) in [5.41, 5.74) is 3.51. The van der Waals surface area contributed by atoms with Crippen LogP contribution in [0.5, 0.6) is 0 Å². The highest BCUT2D eigenvalue weighted by molar-refractivity contribution is 5.93. The van der Waals surface area contributed by atoms with Crippen molar-refractivity contribution in [3.05, 3.63) is 28.8 Å². The van der Waals surface area contributed by atoms with E-state index >= 15 is 0 Å². The van der Waals surface area contributed by atoms with Gasteiger partial charge >= 0.3 is 12.0 Å². The van der Waals surface area contributed by atoms with E-state index in [9.17, 15) is 9.59 Å². The van der Waals surface area contributed by atoms with Crippen LogP contribution in [0.25, 0.3) is 0 Å². The zero-order valence-corrected chi connectivity index (χ0v) is 11.2. The lowest BCUT2D eigenvalue weighted by atomic mass is 10.1. The molecule has 0 aliphatic rings. The van der Waals surface area contributed by atoms with Gasteiger partial charge in [-0.05, 0) is 31.9 Å². The number of benzene rings is 1. The van der Waals surface area contributed by atoms with Crippen molar-refractivity contribution in [1.82, 2.24) is 5.32 Å². The van der Waals surface area contributed by atoms with E-state index in [-0.39, 0.29) is 0 Å². The fourth-order valence-electron chi connectivity index (χ4n) is 1.87. The van der Waals surface area contributed by atoms with Crippen molar-refractivity contribution in [2.45, 2.75) is 26.8 Å². The Morgan fingerprint density at radius 1 is 1.21 bits per heavy atom. The molecule has 0 saturated carbocycles. The van der Waals surface area contributed by atoms with Gasteiger partial charge in [0, 0.05) is 5.69 Å². The number of carboxylic acids is 1. The third-order valence-electron chi connectivity index (χ3n) is 2.70. The molecule has 19 heavy (non-hydrogen) atoms. The van der Waals surface area contributed by atoms with Gasteiger partial charge in [0.05, 0.1) is 6.61 Å². The first-order valence-corrected chi connectivity index (χ1v) is 5.84. The second-order valence-corrected chi connectivity index (χ2v) is 4.45. The molecule has 0 aliphatic carbocycles. The second-order valence-electron chi connectivity index (χ2n) is 4.45. The number of aliphatic hydroxyl groups excluding tert-OH is 1. The van der Waals surface area contributed by atoms with Gasteiger partial charge in [-0.15, -0.1) is 0 Å². The molecular weight excluding hydrogens is 248 g/mol. The minimum atomic E-state index is -1.31. The fraction of sp³-hybridized carbons (Fsp3) is 0.385. The quantitative estimate of drug-likeness (QED) is 0.657. The Hall–Kier alpha value is -2.08. The van der Waals surface area contributed by atoms with E-state index < -0.39 is 24.6 Å². The van der Waals surface area contributed by atoms with Crippen LogP contribution in [0.4, 0.5) is 10.5 Å². The van der Waals surface area contributed by atoms with Gasteiger partial charge in [0.25, 0.3) is 0 Å². The molecule has 6 nitrogen and oxygen atoms in total. The second kappa shape index (κ2) is 6.19. The monoisotopic (exact) mass is 266 g/mol. The molecule has 0 heterocycles. The third-order valence-corrected chi connectivity index (χ3v) is 2.70. The van der Waals surface area contributed by atoms with Gasteiger partial charge in [0.2, 0.25) is 0 Å². The lowest BCUT2D eigenvalue weighted by Crippen LogP contribution is -2.45. The predicted molar refractivity (Wildman–Crippen MR) is 71.3 cm³/mol. The van der Waals surface area contributed by atoms with Crippen LogP contribution in [0.3, 0.4) is 0 Å². The number of hydrogen-bond donors (Lipinski definition) is 4. The maximum atomic E-state index is 11.7. The maximum absolute atomic E-state index is 11.7. The predicted octanol–water partition coefficient (Wildman–Crippen LogP) is 1.18. The molecule has 0 aromatic heterocycles. The van der Waals surface area contributed by atoms with Crippen LogP contribution in [-0.4, -0.2) is 34.9 Å². The zero-order valence-electron chi connectivity index (χ0n) is 11.2. The average Bonchev–Trinajstić information content (AvgIpc) is 2.30. The molecule has 0 unspecified atom stereocenters. The smallest absolute Gasteiger partial charge is 0.328 e. The van der Waals surface area contributed by atoms with Crippen molar-refractivity contribution in [1.29, 1.82) is 0 Å². The molecule has 6 heteroatoms. The number of aliphatic carboxylic acids is 1. The van der Waals surface area contributed by atoms with Crippen LogP contribution in [0.2, 0.25) is 0 Å². The van der Waals surface area contributed by atoms with Crippen LogP contribution in [0, 0.1) is 20.8 Å². The number of hydrogen-bond acceptors (Lipinski definition) is 3. The Labute approximate surface area is 111 Å². The maximum Gasteiger partial charge on any atom is 0.328 e. The summed E-state index contributed by atoms with van der Waals surface area (Å²) >= 11 is 0. The minimum absolute atomic E-state index is 0.644. The molecule has 1 rings (SSSR count). The summed E-state index contributed by atoms with van der Waals surface area (Å²) in [6.07, 6.45) is 0. The average molecular weight is 266 g/mol. The summed E-state index contributed by atoms with van der Waals surface area (Å²) in [6, 6.07) is 1.87. The molecule has 1 aromatic carbocycles. The first-order chi connectivity index (χ1) is 8.85. The van der Waals surface area contributed by atoms with Gasteiger partial charge in [0.15, 0.2) is 6.04 Å². The number of aryl methyl sites for hydroxylation is 3.